The molecular formula is C13H17N5O. The lowest BCUT2D eigenvalue weighted by molar-refractivity contribution is 0.0950. The maximum Gasteiger partial charge on any atom is 0.253 e. The summed E-state index contributed by atoms with van der Waals surface area (Å²) in [4.78, 5) is 12.2. The maximum atomic E-state index is 12.2. The highest BCUT2D eigenvalue weighted by molar-refractivity contribution is 5.99. The Bertz CT molecular complexity index is 590. The summed E-state index contributed by atoms with van der Waals surface area (Å²) in [6.45, 7) is 2.31. The van der Waals surface area contributed by atoms with Crippen molar-refractivity contribution >= 4 is 11.6 Å². The van der Waals surface area contributed by atoms with Crippen molar-refractivity contribution in [3.63, 3.8) is 0 Å². The minimum atomic E-state index is -0.129. The molecule has 0 fully saturated rings. The number of carbonyl (C=O) groups excluding carboxylic acids is 1. The molecule has 19 heavy (non-hydrogen) atoms. The van der Waals surface area contributed by atoms with E-state index in [0.29, 0.717) is 17.9 Å². The van der Waals surface area contributed by atoms with Crippen molar-refractivity contribution in [3.05, 3.63) is 41.5 Å². The van der Waals surface area contributed by atoms with Gasteiger partial charge in [0.2, 0.25) is 0 Å². The van der Waals surface area contributed by atoms with Gasteiger partial charge in [-0.1, -0.05) is 11.6 Å². The first-order valence-electron chi connectivity index (χ1n) is 6.01. The molecule has 6 heteroatoms. The van der Waals surface area contributed by atoms with Crippen molar-refractivity contribution in [2.75, 3.05) is 12.4 Å². The zero-order chi connectivity index (χ0) is 13.8. The van der Waals surface area contributed by atoms with Crippen LogP contribution >= 0.6 is 0 Å². The van der Waals surface area contributed by atoms with Crippen LogP contribution in [0.15, 0.2) is 24.5 Å². The van der Waals surface area contributed by atoms with Crippen LogP contribution in [-0.4, -0.2) is 27.7 Å². The summed E-state index contributed by atoms with van der Waals surface area (Å²) in [7, 11) is 3.64. The summed E-state index contributed by atoms with van der Waals surface area (Å²) in [6, 6.07) is 5.72. The van der Waals surface area contributed by atoms with E-state index in [9.17, 15) is 4.79 Å². The molecule has 0 aliphatic heterocycles. The van der Waals surface area contributed by atoms with Gasteiger partial charge in [-0.2, -0.15) is 0 Å². The zero-order valence-corrected chi connectivity index (χ0v) is 11.3. The summed E-state index contributed by atoms with van der Waals surface area (Å²) in [5.41, 5.74) is 2.48. The number of carbonyl (C=O) groups is 1. The molecule has 2 N–H and O–H groups in total. The van der Waals surface area contributed by atoms with Crippen LogP contribution in [-0.2, 0) is 13.6 Å². The lowest BCUT2D eigenvalue weighted by Gasteiger charge is -2.10. The zero-order valence-electron chi connectivity index (χ0n) is 11.3. The minimum Gasteiger partial charge on any atom is -0.387 e. The van der Waals surface area contributed by atoms with Gasteiger partial charge in [0.1, 0.15) is 6.33 Å². The second kappa shape index (κ2) is 5.51. The molecule has 2 aromatic rings. The van der Waals surface area contributed by atoms with Crippen LogP contribution in [0.25, 0.3) is 0 Å². The molecule has 0 atom stereocenters. The monoisotopic (exact) mass is 259 g/mol. The third-order valence-corrected chi connectivity index (χ3v) is 2.90. The van der Waals surface area contributed by atoms with E-state index in [2.05, 4.69) is 20.8 Å². The van der Waals surface area contributed by atoms with Crippen molar-refractivity contribution in [1.29, 1.82) is 0 Å². The molecule has 0 saturated carbocycles. The quantitative estimate of drug-likeness (QED) is 0.862. The molecule has 1 heterocycles. The summed E-state index contributed by atoms with van der Waals surface area (Å²) >= 11 is 0. The Morgan fingerprint density at radius 2 is 2.21 bits per heavy atom. The van der Waals surface area contributed by atoms with Gasteiger partial charge in [-0.15, -0.1) is 10.2 Å². The van der Waals surface area contributed by atoms with Crippen molar-refractivity contribution < 1.29 is 4.79 Å². The maximum absolute atomic E-state index is 12.2. The van der Waals surface area contributed by atoms with E-state index < -0.39 is 0 Å². The lowest BCUT2D eigenvalue weighted by Crippen LogP contribution is -2.25. The number of hydrogen-bond donors (Lipinski definition) is 2. The molecular weight excluding hydrogens is 242 g/mol. The number of rotatable bonds is 4. The average Bonchev–Trinajstić information content (AvgIpc) is 2.81. The van der Waals surface area contributed by atoms with E-state index in [1.807, 2.05) is 32.2 Å². The van der Waals surface area contributed by atoms with E-state index in [4.69, 9.17) is 0 Å². The smallest absolute Gasteiger partial charge is 0.253 e. The summed E-state index contributed by atoms with van der Waals surface area (Å²) in [5.74, 6) is 0.586. The van der Waals surface area contributed by atoms with Gasteiger partial charge in [-0.25, -0.2) is 0 Å². The second-order valence-corrected chi connectivity index (χ2v) is 4.34. The Labute approximate surface area is 111 Å². The Balaban J connectivity index is 2.12. The minimum absolute atomic E-state index is 0.129. The highest BCUT2D eigenvalue weighted by Crippen LogP contribution is 2.16. The fraction of sp³-hybridized carbons (Fsp3) is 0.308. The first-order chi connectivity index (χ1) is 9.11. The van der Waals surface area contributed by atoms with Gasteiger partial charge in [-0.05, 0) is 19.1 Å². The van der Waals surface area contributed by atoms with Crippen molar-refractivity contribution in [2.45, 2.75) is 13.5 Å². The highest BCUT2D eigenvalue weighted by Gasteiger charge is 2.11. The van der Waals surface area contributed by atoms with Gasteiger partial charge in [-0.3, -0.25) is 4.79 Å². The van der Waals surface area contributed by atoms with Gasteiger partial charge in [0, 0.05) is 19.8 Å². The fourth-order valence-electron chi connectivity index (χ4n) is 1.79. The van der Waals surface area contributed by atoms with Gasteiger partial charge in [0.15, 0.2) is 5.82 Å². The number of anilines is 1. The topological polar surface area (TPSA) is 71.8 Å². The number of nitrogens with zero attached hydrogens (tertiary/aromatic N) is 3. The molecule has 1 aromatic heterocycles. The predicted molar refractivity (Wildman–Crippen MR) is 72.9 cm³/mol. The van der Waals surface area contributed by atoms with Crippen LogP contribution in [0, 0.1) is 6.92 Å². The molecule has 2 rings (SSSR count). The first kappa shape index (κ1) is 13.1. The standard InChI is InChI=1S/C13H17N5O/c1-9-4-5-11(14-2)10(6-9)13(19)15-7-12-17-16-8-18(12)3/h4-6,8,14H,7H2,1-3H3,(H,15,19). The second-order valence-electron chi connectivity index (χ2n) is 4.34. The largest absolute Gasteiger partial charge is 0.387 e. The van der Waals surface area contributed by atoms with Crippen LogP contribution < -0.4 is 10.6 Å². The molecule has 1 amide bonds. The first-order valence-corrected chi connectivity index (χ1v) is 6.01. The van der Waals surface area contributed by atoms with Crippen LogP contribution in [0.4, 0.5) is 5.69 Å². The molecule has 0 saturated heterocycles. The third-order valence-electron chi connectivity index (χ3n) is 2.90. The highest BCUT2D eigenvalue weighted by atomic mass is 16.1. The number of amides is 1. The molecule has 0 spiro atoms. The van der Waals surface area contributed by atoms with Crippen molar-refractivity contribution in [3.8, 4) is 0 Å². The molecule has 1 aromatic carbocycles. The summed E-state index contributed by atoms with van der Waals surface area (Å²) in [6.07, 6.45) is 1.60. The summed E-state index contributed by atoms with van der Waals surface area (Å²) < 4.78 is 1.77. The third kappa shape index (κ3) is 2.90. The van der Waals surface area contributed by atoms with Gasteiger partial charge >= 0.3 is 0 Å². The Kier molecular flexibility index (Phi) is 3.79. The number of nitrogens with one attached hydrogen (secondary N) is 2. The molecule has 0 radical (unpaired) electrons. The molecule has 0 aliphatic carbocycles. The Morgan fingerprint density at radius 1 is 1.42 bits per heavy atom. The van der Waals surface area contributed by atoms with E-state index in [1.54, 1.807) is 17.9 Å². The molecule has 0 bridgehead atoms. The van der Waals surface area contributed by atoms with Crippen LogP contribution in [0.5, 0.6) is 0 Å². The van der Waals surface area contributed by atoms with Crippen molar-refractivity contribution in [1.82, 2.24) is 20.1 Å². The Morgan fingerprint density at radius 3 is 2.84 bits per heavy atom. The lowest BCUT2D eigenvalue weighted by atomic mass is 10.1. The van der Waals surface area contributed by atoms with Crippen molar-refractivity contribution in [2.24, 2.45) is 7.05 Å². The normalized spacial score (nSPS) is 10.3. The van der Waals surface area contributed by atoms with Gasteiger partial charge in [0.25, 0.3) is 5.91 Å². The molecule has 0 aliphatic rings. The molecule has 0 unspecified atom stereocenters. The van der Waals surface area contributed by atoms with Gasteiger partial charge < -0.3 is 15.2 Å². The number of benzene rings is 1. The van der Waals surface area contributed by atoms with E-state index in [0.717, 1.165) is 11.3 Å². The fourth-order valence-corrected chi connectivity index (χ4v) is 1.79. The van der Waals surface area contributed by atoms with Gasteiger partial charge in [0.05, 0.1) is 12.1 Å². The van der Waals surface area contributed by atoms with E-state index >= 15 is 0 Å². The molecule has 100 valence electrons. The Hall–Kier alpha value is -2.37. The van der Waals surface area contributed by atoms with Crippen LogP contribution in [0.1, 0.15) is 21.7 Å². The number of aromatic nitrogens is 3. The number of aryl methyl sites for hydroxylation is 2. The molecule has 6 nitrogen and oxygen atoms in total. The average molecular weight is 259 g/mol. The SMILES string of the molecule is CNc1ccc(C)cc1C(=O)NCc1nncn1C. The van der Waals surface area contributed by atoms with Crippen LogP contribution in [0.2, 0.25) is 0 Å². The summed E-state index contributed by atoms with van der Waals surface area (Å²) in [5, 5.41) is 13.5. The van der Waals surface area contributed by atoms with E-state index in [1.165, 1.54) is 0 Å². The number of hydrogen-bond acceptors (Lipinski definition) is 4. The van der Waals surface area contributed by atoms with E-state index in [-0.39, 0.29) is 5.91 Å². The van der Waals surface area contributed by atoms with Crippen LogP contribution in [0.3, 0.4) is 0 Å². The predicted octanol–water partition coefficient (Wildman–Crippen LogP) is 1.10.